The van der Waals surface area contributed by atoms with Crippen LogP contribution in [0.1, 0.15) is 0 Å². The molecule has 0 radical (unpaired) electrons. The molecule has 3 nitrogen and oxygen atoms in total. The van der Waals surface area contributed by atoms with Crippen LogP contribution in [0, 0.1) is 0 Å². The van der Waals surface area contributed by atoms with Crippen LogP contribution in [0.15, 0.2) is 211 Å². The second-order valence-electron chi connectivity index (χ2n) is 14.2. The zero-order valence-corrected chi connectivity index (χ0v) is 29.9. The number of rotatable bonds is 6. The second kappa shape index (κ2) is 12.6. The van der Waals surface area contributed by atoms with E-state index in [1.54, 1.807) is 0 Å². The minimum absolute atomic E-state index is 0.906. The lowest BCUT2D eigenvalue weighted by molar-refractivity contribution is 0.670. The number of benzene rings is 9. The molecule has 0 aliphatic carbocycles. The van der Waals surface area contributed by atoms with Crippen molar-refractivity contribution in [1.82, 2.24) is 4.57 Å². The van der Waals surface area contributed by atoms with E-state index >= 15 is 0 Å². The third-order valence-corrected chi connectivity index (χ3v) is 11.0. The van der Waals surface area contributed by atoms with Crippen LogP contribution in [0.3, 0.4) is 0 Å². The van der Waals surface area contributed by atoms with E-state index in [1.165, 1.54) is 43.7 Å². The van der Waals surface area contributed by atoms with Gasteiger partial charge in [0.05, 0.1) is 11.0 Å². The summed E-state index contributed by atoms with van der Waals surface area (Å²) < 4.78 is 8.81. The molecule has 11 rings (SSSR count). The molecule has 0 N–H and O–H groups in total. The highest BCUT2D eigenvalue weighted by atomic mass is 16.3. The van der Waals surface area contributed by atoms with E-state index in [2.05, 4.69) is 204 Å². The number of hydrogen-bond acceptors (Lipinski definition) is 2. The van der Waals surface area contributed by atoms with Gasteiger partial charge in [-0.05, 0) is 100 Å². The smallest absolute Gasteiger partial charge is 0.143 e. The molecule has 0 saturated heterocycles. The van der Waals surface area contributed by atoms with Gasteiger partial charge in [-0.3, -0.25) is 0 Å². The standard InChI is InChI=1S/C52H34N2O/c1-2-12-35(13-3-1)37-16-10-17-43(32-37)53(40-26-24-36(25-27-40)44-20-11-21-47-46-19-7-9-23-51(46)55-52(44)47)41-28-30-42(31-29-41)54-49-22-8-6-18-45(49)48-33-38-14-4-5-15-39(38)34-50(48)54/h1-34H. The summed E-state index contributed by atoms with van der Waals surface area (Å²) in [5.41, 5.74) is 13.1. The van der Waals surface area contributed by atoms with E-state index in [0.717, 1.165) is 55.8 Å². The van der Waals surface area contributed by atoms with Gasteiger partial charge in [-0.1, -0.05) is 133 Å². The van der Waals surface area contributed by atoms with Gasteiger partial charge >= 0.3 is 0 Å². The van der Waals surface area contributed by atoms with Crippen LogP contribution in [-0.2, 0) is 0 Å². The number of furan rings is 1. The predicted octanol–water partition coefficient (Wildman–Crippen LogP) is 14.6. The molecule has 9 aromatic carbocycles. The van der Waals surface area contributed by atoms with E-state index in [-0.39, 0.29) is 0 Å². The fraction of sp³-hybridized carbons (Fsp3) is 0. The van der Waals surface area contributed by atoms with Gasteiger partial charge in [0.15, 0.2) is 0 Å². The predicted molar refractivity (Wildman–Crippen MR) is 231 cm³/mol. The summed E-state index contributed by atoms with van der Waals surface area (Å²) in [5, 5.41) is 7.27. The van der Waals surface area contributed by atoms with Crippen LogP contribution in [0.2, 0.25) is 0 Å². The van der Waals surface area contributed by atoms with Crippen molar-refractivity contribution < 1.29 is 4.42 Å². The van der Waals surface area contributed by atoms with Crippen molar-refractivity contribution in [1.29, 1.82) is 0 Å². The van der Waals surface area contributed by atoms with Crippen LogP contribution < -0.4 is 4.90 Å². The Bertz CT molecular complexity index is 3190. The fourth-order valence-electron chi connectivity index (χ4n) is 8.35. The van der Waals surface area contributed by atoms with Crippen LogP contribution in [0.5, 0.6) is 0 Å². The van der Waals surface area contributed by atoms with E-state index in [0.29, 0.717) is 0 Å². The average molecular weight is 703 g/mol. The van der Waals surface area contributed by atoms with Gasteiger partial charge in [0.1, 0.15) is 11.2 Å². The van der Waals surface area contributed by atoms with Gasteiger partial charge in [0, 0.05) is 49.9 Å². The fourth-order valence-corrected chi connectivity index (χ4v) is 8.35. The Balaban J connectivity index is 1.04. The van der Waals surface area contributed by atoms with Gasteiger partial charge in [-0.25, -0.2) is 0 Å². The van der Waals surface area contributed by atoms with Gasteiger partial charge in [0.25, 0.3) is 0 Å². The Morgan fingerprint density at radius 1 is 0.364 bits per heavy atom. The Morgan fingerprint density at radius 3 is 1.82 bits per heavy atom. The largest absolute Gasteiger partial charge is 0.455 e. The Hall–Kier alpha value is -7.36. The summed E-state index contributed by atoms with van der Waals surface area (Å²) in [6.45, 7) is 0. The lowest BCUT2D eigenvalue weighted by Gasteiger charge is -2.26. The number of para-hydroxylation sites is 3. The number of hydrogen-bond donors (Lipinski definition) is 0. The van der Waals surface area contributed by atoms with E-state index in [4.69, 9.17) is 4.42 Å². The summed E-state index contributed by atoms with van der Waals surface area (Å²) in [5.74, 6) is 0. The number of nitrogens with zero attached hydrogens (tertiary/aromatic N) is 2. The summed E-state index contributed by atoms with van der Waals surface area (Å²) in [6, 6.07) is 73.9. The molecule has 0 saturated carbocycles. The van der Waals surface area contributed by atoms with Gasteiger partial charge < -0.3 is 13.9 Å². The first-order valence-corrected chi connectivity index (χ1v) is 18.8. The highest BCUT2D eigenvalue weighted by molar-refractivity contribution is 6.14. The highest BCUT2D eigenvalue weighted by Crippen LogP contribution is 2.41. The zero-order chi connectivity index (χ0) is 36.3. The molecule has 0 fully saturated rings. The maximum absolute atomic E-state index is 6.41. The third-order valence-electron chi connectivity index (χ3n) is 11.0. The van der Waals surface area contributed by atoms with Crippen LogP contribution >= 0.6 is 0 Å². The quantitative estimate of drug-likeness (QED) is 0.172. The van der Waals surface area contributed by atoms with Crippen LogP contribution in [-0.4, -0.2) is 4.57 Å². The lowest BCUT2D eigenvalue weighted by atomic mass is 10.0. The number of aromatic nitrogens is 1. The molecule has 0 bridgehead atoms. The molecule has 0 aliphatic rings. The normalized spacial score (nSPS) is 11.6. The first-order chi connectivity index (χ1) is 27.3. The minimum atomic E-state index is 0.906. The summed E-state index contributed by atoms with van der Waals surface area (Å²) >= 11 is 0. The number of fused-ring (bicyclic) bond motifs is 7. The topological polar surface area (TPSA) is 21.3 Å². The van der Waals surface area contributed by atoms with Crippen molar-refractivity contribution in [3.8, 4) is 27.9 Å². The highest BCUT2D eigenvalue weighted by Gasteiger charge is 2.18. The molecule has 258 valence electrons. The van der Waals surface area contributed by atoms with Crippen molar-refractivity contribution in [2.24, 2.45) is 0 Å². The summed E-state index contributed by atoms with van der Waals surface area (Å²) in [6.07, 6.45) is 0. The summed E-state index contributed by atoms with van der Waals surface area (Å²) in [4.78, 5) is 2.35. The van der Waals surface area contributed by atoms with Gasteiger partial charge in [0.2, 0.25) is 0 Å². The minimum Gasteiger partial charge on any atom is -0.455 e. The van der Waals surface area contributed by atoms with Gasteiger partial charge in [-0.2, -0.15) is 0 Å². The van der Waals surface area contributed by atoms with Crippen LogP contribution in [0.4, 0.5) is 17.1 Å². The Kier molecular flexibility index (Phi) is 7.17. The molecule has 0 atom stereocenters. The van der Waals surface area contributed by atoms with Crippen molar-refractivity contribution in [2.75, 3.05) is 4.90 Å². The zero-order valence-electron chi connectivity index (χ0n) is 29.9. The van der Waals surface area contributed by atoms with E-state index in [1.807, 2.05) is 12.1 Å². The first-order valence-electron chi connectivity index (χ1n) is 18.8. The third kappa shape index (κ3) is 5.20. The SMILES string of the molecule is c1ccc(-c2cccc(N(c3ccc(-c4cccc5c4oc4ccccc45)cc3)c3ccc(-n4c5ccccc5c5cc6ccccc6cc54)cc3)c2)cc1. The average Bonchev–Trinajstić information content (AvgIpc) is 3.79. The van der Waals surface area contributed by atoms with Crippen molar-refractivity contribution in [2.45, 2.75) is 0 Å². The second-order valence-corrected chi connectivity index (χ2v) is 14.2. The maximum atomic E-state index is 6.41. The molecule has 0 spiro atoms. The van der Waals surface area contributed by atoms with E-state index in [9.17, 15) is 0 Å². The summed E-state index contributed by atoms with van der Waals surface area (Å²) in [7, 11) is 0. The first kappa shape index (κ1) is 31.2. The molecule has 11 aromatic rings. The monoisotopic (exact) mass is 702 g/mol. The van der Waals surface area contributed by atoms with Gasteiger partial charge in [-0.15, -0.1) is 0 Å². The lowest BCUT2D eigenvalue weighted by Crippen LogP contribution is -2.10. The Morgan fingerprint density at radius 2 is 1.00 bits per heavy atom. The number of anilines is 3. The molecule has 55 heavy (non-hydrogen) atoms. The molecule has 0 aliphatic heterocycles. The van der Waals surface area contributed by atoms with E-state index < -0.39 is 0 Å². The van der Waals surface area contributed by atoms with Crippen molar-refractivity contribution >= 4 is 71.6 Å². The molecule has 0 amide bonds. The van der Waals surface area contributed by atoms with Crippen molar-refractivity contribution in [3.05, 3.63) is 206 Å². The molecule has 2 aromatic heterocycles. The molecule has 0 unspecified atom stereocenters. The molecule has 2 heterocycles. The molecular formula is C52H34N2O. The Labute approximate surface area is 318 Å². The van der Waals surface area contributed by atoms with Crippen LogP contribution in [0.25, 0.3) is 82.5 Å². The van der Waals surface area contributed by atoms with Crippen molar-refractivity contribution in [3.63, 3.8) is 0 Å². The molecular weight excluding hydrogens is 669 g/mol. The maximum Gasteiger partial charge on any atom is 0.143 e. The molecule has 3 heteroatoms.